The first kappa shape index (κ1) is 17.5. The van der Waals surface area contributed by atoms with E-state index in [1.54, 1.807) is 43.3 Å². The van der Waals surface area contributed by atoms with Crippen molar-refractivity contribution < 1.29 is 19.1 Å². The van der Waals surface area contributed by atoms with Crippen LogP contribution in [0.1, 0.15) is 22.8 Å². The number of Topliss-reactive ketones (excluding diaryl/α,β-unsaturated/α-hetero) is 1. The highest BCUT2D eigenvalue weighted by atomic mass is 79.9. The van der Waals surface area contributed by atoms with E-state index in [0.717, 1.165) is 10.0 Å². The molecule has 0 bridgehead atoms. The van der Waals surface area contributed by atoms with Gasteiger partial charge >= 0.3 is 5.97 Å². The van der Waals surface area contributed by atoms with Crippen LogP contribution in [0.3, 0.4) is 0 Å². The molecule has 0 aliphatic rings. The summed E-state index contributed by atoms with van der Waals surface area (Å²) in [7, 11) is 0. The minimum atomic E-state index is -0.562. The molecule has 2 aromatic carbocycles. The molecule has 2 rings (SSSR count). The normalized spacial score (nSPS) is 10.3. The average Bonchev–Trinajstić information content (AvgIpc) is 2.49. The van der Waals surface area contributed by atoms with Crippen molar-refractivity contribution in [2.45, 2.75) is 13.8 Å². The van der Waals surface area contributed by atoms with Crippen molar-refractivity contribution in [3.8, 4) is 11.5 Å². The first-order valence-corrected chi connectivity index (χ1v) is 7.94. The third-order valence-corrected chi connectivity index (χ3v) is 3.77. The number of rotatable bonds is 5. The van der Waals surface area contributed by atoms with Crippen LogP contribution in [0.4, 0.5) is 0 Å². The lowest BCUT2D eigenvalue weighted by Crippen LogP contribution is -2.18. The fraction of sp³-hybridized carbons (Fsp3) is 0.176. The molecule has 0 unspecified atom stereocenters. The zero-order chi connectivity index (χ0) is 17.0. The van der Waals surface area contributed by atoms with Crippen LogP contribution < -0.4 is 9.47 Å². The van der Waals surface area contributed by atoms with Crippen LogP contribution in [-0.4, -0.2) is 18.4 Å². The molecule has 0 aromatic heterocycles. The van der Waals surface area contributed by atoms with Gasteiger partial charge in [-0.3, -0.25) is 4.79 Å². The Kier molecular flexibility index (Phi) is 5.80. The molecule has 0 spiro atoms. The smallest absolute Gasteiger partial charge is 0.349 e. The Bertz CT molecular complexity index is 718. The van der Waals surface area contributed by atoms with E-state index in [1.807, 2.05) is 0 Å². The number of esters is 1. The predicted octanol–water partition coefficient (Wildman–Crippen LogP) is 4.60. The number of halogens is 2. The first-order chi connectivity index (χ1) is 10.9. The Morgan fingerprint density at radius 2 is 1.83 bits per heavy atom. The third-order valence-electron chi connectivity index (χ3n) is 3.03. The maximum absolute atomic E-state index is 11.9. The lowest BCUT2D eigenvalue weighted by molar-refractivity contribution is -0.136. The van der Waals surface area contributed by atoms with E-state index in [2.05, 4.69) is 15.9 Å². The Labute approximate surface area is 147 Å². The zero-order valence-corrected chi connectivity index (χ0v) is 14.9. The number of hydrogen-bond donors (Lipinski definition) is 0. The second-order valence-corrected chi connectivity index (χ2v) is 6.20. The highest BCUT2D eigenvalue weighted by Gasteiger charge is 2.13. The quantitative estimate of drug-likeness (QED) is 0.420. The van der Waals surface area contributed by atoms with E-state index in [9.17, 15) is 9.59 Å². The van der Waals surface area contributed by atoms with E-state index >= 15 is 0 Å². The van der Waals surface area contributed by atoms with Gasteiger partial charge in [-0.2, -0.15) is 0 Å². The topological polar surface area (TPSA) is 52.6 Å². The molecular formula is C17H14BrClO4. The SMILES string of the molecule is CC(=O)c1ccc(OCC(=O)Oc2c(C)cc(Br)cc2Cl)cc1. The van der Waals surface area contributed by atoms with Gasteiger partial charge in [0.05, 0.1) is 5.02 Å². The molecule has 0 radical (unpaired) electrons. The summed E-state index contributed by atoms with van der Waals surface area (Å²) in [6.45, 7) is 3.02. The molecule has 0 atom stereocenters. The predicted molar refractivity (Wildman–Crippen MR) is 91.5 cm³/mol. The van der Waals surface area contributed by atoms with Gasteiger partial charge in [0.25, 0.3) is 0 Å². The van der Waals surface area contributed by atoms with Crippen molar-refractivity contribution >= 4 is 39.3 Å². The number of carbonyl (C=O) groups is 2. The molecule has 0 aliphatic carbocycles. The Hall–Kier alpha value is -1.85. The molecule has 0 heterocycles. The fourth-order valence-electron chi connectivity index (χ4n) is 1.89. The van der Waals surface area contributed by atoms with Gasteiger partial charge in [0.1, 0.15) is 5.75 Å². The second kappa shape index (κ2) is 7.62. The number of ketones is 1. The molecule has 23 heavy (non-hydrogen) atoms. The first-order valence-electron chi connectivity index (χ1n) is 6.77. The van der Waals surface area contributed by atoms with Crippen molar-refractivity contribution in [2.24, 2.45) is 0 Å². The van der Waals surface area contributed by atoms with Gasteiger partial charge in [-0.1, -0.05) is 27.5 Å². The summed E-state index contributed by atoms with van der Waals surface area (Å²) in [5.41, 5.74) is 1.32. The van der Waals surface area contributed by atoms with Crippen LogP contribution >= 0.6 is 27.5 Å². The van der Waals surface area contributed by atoms with Gasteiger partial charge in [0.2, 0.25) is 0 Å². The molecule has 0 amide bonds. The molecule has 6 heteroatoms. The van der Waals surface area contributed by atoms with Crippen LogP contribution in [0.5, 0.6) is 11.5 Å². The largest absolute Gasteiger partial charge is 0.482 e. The highest BCUT2D eigenvalue weighted by Crippen LogP contribution is 2.32. The minimum absolute atomic E-state index is 0.0312. The van der Waals surface area contributed by atoms with Gasteiger partial charge in [0.15, 0.2) is 18.1 Å². The van der Waals surface area contributed by atoms with Gasteiger partial charge in [0, 0.05) is 10.0 Å². The van der Waals surface area contributed by atoms with E-state index < -0.39 is 5.97 Å². The second-order valence-electron chi connectivity index (χ2n) is 4.88. The summed E-state index contributed by atoms with van der Waals surface area (Å²) in [4.78, 5) is 23.1. The van der Waals surface area contributed by atoms with Crippen LogP contribution in [0.25, 0.3) is 0 Å². The summed E-state index contributed by atoms with van der Waals surface area (Å²) in [6, 6.07) is 9.98. The maximum Gasteiger partial charge on any atom is 0.349 e. The van der Waals surface area contributed by atoms with Crippen molar-refractivity contribution in [2.75, 3.05) is 6.61 Å². The van der Waals surface area contributed by atoms with Crippen molar-refractivity contribution in [3.63, 3.8) is 0 Å². The highest BCUT2D eigenvalue weighted by molar-refractivity contribution is 9.10. The molecule has 2 aromatic rings. The van der Waals surface area contributed by atoms with E-state index in [0.29, 0.717) is 22.1 Å². The summed E-state index contributed by atoms with van der Waals surface area (Å²) in [6.07, 6.45) is 0. The molecular weight excluding hydrogens is 384 g/mol. The number of benzene rings is 2. The number of hydrogen-bond acceptors (Lipinski definition) is 4. The monoisotopic (exact) mass is 396 g/mol. The summed E-state index contributed by atoms with van der Waals surface area (Å²) in [5.74, 6) is 0.199. The molecule has 0 N–H and O–H groups in total. The molecule has 4 nitrogen and oxygen atoms in total. The lowest BCUT2D eigenvalue weighted by atomic mass is 10.1. The summed E-state index contributed by atoms with van der Waals surface area (Å²) < 4.78 is 11.4. The Balaban J connectivity index is 1.96. The van der Waals surface area contributed by atoms with Crippen LogP contribution in [0, 0.1) is 6.92 Å². The molecule has 0 saturated heterocycles. The van der Waals surface area contributed by atoms with Crippen molar-refractivity contribution in [1.29, 1.82) is 0 Å². The van der Waals surface area contributed by atoms with Crippen molar-refractivity contribution in [3.05, 3.63) is 57.0 Å². The molecule has 0 aliphatic heterocycles. The van der Waals surface area contributed by atoms with Gasteiger partial charge < -0.3 is 9.47 Å². The number of carbonyl (C=O) groups excluding carboxylic acids is 2. The third kappa shape index (κ3) is 4.81. The lowest BCUT2D eigenvalue weighted by Gasteiger charge is -2.11. The van der Waals surface area contributed by atoms with Crippen molar-refractivity contribution in [1.82, 2.24) is 0 Å². The Morgan fingerprint density at radius 3 is 2.39 bits per heavy atom. The minimum Gasteiger partial charge on any atom is -0.482 e. The Morgan fingerprint density at radius 1 is 1.17 bits per heavy atom. The van der Waals surface area contributed by atoms with E-state index in [-0.39, 0.29) is 12.4 Å². The zero-order valence-electron chi connectivity index (χ0n) is 12.6. The molecule has 0 saturated carbocycles. The average molecular weight is 398 g/mol. The summed E-state index contributed by atoms with van der Waals surface area (Å²) in [5, 5.41) is 0.344. The van der Waals surface area contributed by atoms with E-state index in [4.69, 9.17) is 21.1 Å². The standard InChI is InChI=1S/C17H14BrClO4/c1-10-7-13(18)8-15(19)17(10)23-16(21)9-22-14-5-3-12(4-6-14)11(2)20/h3-8H,9H2,1-2H3. The molecule has 0 fully saturated rings. The van der Waals surface area contributed by atoms with E-state index in [1.165, 1.54) is 6.92 Å². The molecule has 120 valence electrons. The van der Waals surface area contributed by atoms with Crippen LogP contribution in [-0.2, 0) is 4.79 Å². The van der Waals surface area contributed by atoms with Crippen LogP contribution in [0.2, 0.25) is 5.02 Å². The van der Waals surface area contributed by atoms with Gasteiger partial charge in [-0.25, -0.2) is 4.79 Å². The maximum atomic E-state index is 11.9. The fourth-order valence-corrected chi connectivity index (χ4v) is 2.90. The summed E-state index contributed by atoms with van der Waals surface area (Å²) >= 11 is 9.38. The number of aryl methyl sites for hydroxylation is 1. The van der Waals surface area contributed by atoms with Crippen LogP contribution in [0.15, 0.2) is 40.9 Å². The number of ether oxygens (including phenoxy) is 2. The van der Waals surface area contributed by atoms with Gasteiger partial charge in [-0.05, 0) is 55.8 Å². The van der Waals surface area contributed by atoms with Gasteiger partial charge in [-0.15, -0.1) is 0 Å².